The first kappa shape index (κ1) is 56.2. The number of pyridine rings is 1. The predicted molar refractivity (Wildman–Crippen MR) is 261 cm³/mol. The fraction of sp³-hybridized carbons (Fsp3) is 0.490. The molecule has 3 amide bonds. The van der Waals surface area contributed by atoms with E-state index in [1.165, 1.54) is 24.4 Å². The zero-order chi connectivity index (χ0) is 50.5. The minimum absolute atomic E-state index is 0.108. The lowest BCUT2D eigenvalue weighted by Gasteiger charge is -2.26. The number of rotatable bonds is 32. The van der Waals surface area contributed by atoms with Gasteiger partial charge in [-0.1, -0.05) is 24.3 Å². The van der Waals surface area contributed by atoms with Gasteiger partial charge in [-0.05, 0) is 79.6 Å². The Balaban J connectivity index is 0.936. The molecule has 0 unspecified atom stereocenters. The fourth-order valence-electron chi connectivity index (χ4n) is 7.17. The van der Waals surface area contributed by atoms with Crippen molar-refractivity contribution in [1.82, 2.24) is 20.5 Å². The monoisotopic (exact) mass is 996 g/mol. The van der Waals surface area contributed by atoms with Crippen LogP contribution >= 0.6 is 0 Å². The maximum absolute atomic E-state index is 13.7. The Morgan fingerprint density at radius 1 is 0.676 bits per heavy atom. The smallest absolute Gasteiger partial charge is 0.416 e. The molecule has 1 aromatic heterocycles. The highest BCUT2D eigenvalue weighted by atomic mass is 19.4. The highest BCUT2D eigenvalue weighted by molar-refractivity contribution is 6.06. The van der Waals surface area contributed by atoms with Crippen molar-refractivity contribution in [1.29, 1.82) is 0 Å². The molecule has 5 rings (SSSR count). The molecule has 0 radical (unpaired) electrons. The van der Waals surface area contributed by atoms with Crippen molar-refractivity contribution in [2.75, 3.05) is 142 Å². The summed E-state index contributed by atoms with van der Waals surface area (Å²) in [4.78, 5) is 47.6. The topological polar surface area (TPSA) is 181 Å². The van der Waals surface area contributed by atoms with E-state index in [1.807, 2.05) is 32.0 Å². The molecule has 388 valence electrons. The second-order valence-electron chi connectivity index (χ2n) is 16.0. The van der Waals surface area contributed by atoms with Crippen LogP contribution in [0.15, 0.2) is 85.1 Å². The van der Waals surface area contributed by atoms with Crippen molar-refractivity contribution >= 4 is 29.3 Å². The second kappa shape index (κ2) is 31.6. The number of carbonyl (C=O) groups excluding carboxylic acids is 3. The number of nitrogens with zero attached hydrogens (tertiary/aromatic N) is 3. The minimum Gasteiger partial charge on any atom is -0.447 e. The lowest BCUT2D eigenvalue weighted by Crippen LogP contribution is -2.41. The van der Waals surface area contributed by atoms with E-state index >= 15 is 0 Å². The quantitative estimate of drug-likeness (QED) is 0.0454. The molecular formula is C51H67F3N6O11. The van der Waals surface area contributed by atoms with E-state index in [0.717, 1.165) is 69.3 Å². The van der Waals surface area contributed by atoms with Crippen LogP contribution in [0.5, 0.6) is 0 Å². The maximum atomic E-state index is 13.7. The van der Waals surface area contributed by atoms with Gasteiger partial charge in [0.05, 0.1) is 109 Å². The number of anilines is 2. The molecule has 20 heteroatoms. The van der Waals surface area contributed by atoms with Crippen molar-refractivity contribution in [2.45, 2.75) is 33.2 Å². The number of carbonyl (C=O) groups is 3. The minimum atomic E-state index is -4.50. The van der Waals surface area contributed by atoms with E-state index in [1.54, 1.807) is 30.3 Å². The molecule has 0 atom stereocenters. The summed E-state index contributed by atoms with van der Waals surface area (Å²) in [5, 5.41) is 8.44. The third-order valence-corrected chi connectivity index (χ3v) is 11.0. The van der Waals surface area contributed by atoms with E-state index in [4.69, 9.17) is 37.9 Å². The molecule has 71 heavy (non-hydrogen) atoms. The Bertz CT molecular complexity index is 2210. The molecule has 17 nitrogen and oxygen atoms in total. The van der Waals surface area contributed by atoms with Gasteiger partial charge >= 0.3 is 12.3 Å². The van der Waals surface area contributed by atoms with Crippen molar-refractivity contribution in [3.05, 3.63) is 113 Å². The number of amides is 3. The molecule has 1 saturated heterocycles. The van der Waals surface area contributed by atoms with Crippen LogP contribution < -0.4 is 20.9 Å². The molecular weight excluding hydrogens is 930 g/mol. The van der Waals surface area contributed by atoms with E-state index in [9.17, 15) is 27.6 Å². The summed E-state index contributed by atoms with van der Waals surface area (Å²) in [6.45, 7) is 14.5. The van der Waals surface area contributed by atoms with Crippen LogP contribution in [0.1, 0.15) is 51.3 Å². The molecule has 0 saturated carbocycles. The number of alkyl carbamates (subject to hydrolysis) is 1. The maximum Gasteiger partial charge on any atom is 0.416 e. The Kier molecular flexibility index (Phi) is 25.0. The summed E-state index contributed by atoms with van der Waals surface area (Å²) < 4.78 is 83.6. The van der Waals surface area contributed by atoms with E-state index in [0.29, 0.717) is 101 Å². The number of aromatic nitrogens is 1. The van der Waals surface area contributed by atoms with Crippen molar-refractivity contribution in [3.8, 4) is 11.3 Å². The average molecular weight is 997 g/mol. The Morgan fingerprint density at radius 2 is 1.28 bits per heavy atom. The average Bonchev–Trinajstić information content (AvgIpc) is 3.38. The first-order chi connectivity index (χ1) is 34.5. The normalized spacial score (nSPS) is 12.9. The summed E-state index contributed by atoms with van der Waals surface area (Å²) in [5.41, 5.74) is 3.32. The number of nitrogens with one attached hydrogen (secondary N) is 3. The first-order valence-electron chi connectivity index (χ1n) is 23.9. The van der Waals surface area contributed by atoms with Gasteiger partial charge in [-0.3, -0.25) is 19.5 Å². The number of alkyl halides is 3. The van der Waals surface area contributed by atoms with Crippen molar-refractivity contribution in [3.63, 3.8) is 0 Å². The van der Waals surface area contributed by atoms with Crippen LogP contribution in [0.2, 0.25) is 0 Å². The van der Waals surface area contributed by atoms with E-state index < -0.39 is 23.7 Å². The third-order valence-electron chi connectivity index (χ3n) is 11.0. The summed E-state index contributed by atoms with van der Waals surface area (Å²) >= 11 is 0. The van der Waals surface area contributed by atoms with Gasteiger partial charge in [0.2, 0.25) is 0 Å². The molecule has 2 heterocycles. The van der Waals surface area contributed by atoms with Gasteiger partial charge in [0.1, 0.15) is 6.61 Å². The largest absolute Gasteiger partial charge is 0.447 e. The number of benzene rings is 3. The SMILES string of the molecule is CCN(CC)c1ccc(NC(=O)c2cccc(COCCOCCOCCOCCOCCOCCOC(=O)NCCN3CCOCC3)c2)c(-c2cc(C(=O)NCc3cccc(C(F)(F)F)c3)ccn2)c1. The first-order valence-corrected chi connectivity index (χ1v) is 23.9. The number of hydrogen-bond donors (Lipinski definition) is 3. The molecule has 4 aromatic rings. The number of morpholine rings is 1. The van der Waals surface area contributed by atoms with Gasteiger partial charge in [-0.2, -0.15) is 13.2 Å². The number of hydrogen-bond acceptors (Lipinski definition) is 14. The molecule has 1 aliphatic rings. The van der Waals surface area contributed by atoms with Gasteiger partial charge in [-0.25, -0.2) is 4.79 Å². The van der Waals surface area contributed by atoms with Crippen LogP contribution in [-0.2, 0) is 57.2 Å². The molecule has 0 spiro atoms. The highest BCUT2D eigenvalue weighted by Gasteiger charge is 2.30. The molecule has 3 N–H and O–H groups in total. The van der Waals surface area contributed by atoms with Crippen molar-refractivity contribution < 1.29 is 65.4 Å². The number of ether oxygens (including phenoxy) is 8. The molecule has 0 aliphatic carbocycles. The molecule has 1 fully saturated rings. The Labute approximate surface area is 413 Å². The second-order valence-corrected chi connectivity index (χ2v) is 16.0. The van der Waals surface area contributed by atoms with Gasteiger partial charge in [-0.15, -0.1) is 0 Å². The van der Waals surface area contributed by atoms with Gasteiger partial charge in [0, 0.05) is 74.4 Å². The van der Waals surface area contributed by atoms with Crippen LogP contribution in [0, 0.1) is 0 Å². The molecule has 1 aliphatic heterocycles. The van der Waals surface area contributed by atoms with Crippen LogP contribution in [-0.4, -0.2) is 160 Å². The third kappa shape index (κ3) is 20.9. The Hall–Kier alpha value is -5.71. The molecule has 3 aromatic carbocycles. The standard InChI is InChI=1S/C51H67F3N6O11/c1-3-60(4-2)44-11-12-46(45(36-44)47-35-42(13-14-55-47)48(61)57-37-39-7-6-10-43(34-39)51(52,53)54)58-49(62)41-9-5-8-40(33-41)38-70-30-29-68-26-25-66-22-21-65-23-24-67-27-28-69-31-32-71-50(63)56-15-16-59-17-19-64-20-18-59/h5-14,33-36H,3-4,15-32,37-38H2,1-2H3,(H,56,63)(H,57,61)(H,58,62). The van der Waals surface area contributed by atoms with Crippen LogP contribution in [0.3, 0.4) is 0 Å². The summed E-state index contributed by atoms with van der Waals surface area (Å²) in [7, 11) is 0. The zero-order valence-corrected chi connectivity index (χ0v) is 40.6. The lowest BCUT2D eigenvalue weighted by atomic mass is 10.0. The Morgan fingerprint density at radius 3 is 1.93 bits per heavy atom. The highest BCUT2D eigenvalue weighted by Crippen LogP contribution is 2.33. The predicted octanol–water partition coefficient (Wildman–Crippen LogP) is 6.45. The van der Waals surface area contributed by atoms with Crippen molar-refractivity contribution in [2.24, 2.45) is 0 Å². The van der Waals surface area contributed by atoms with Gasteiger partial charge in [0.25, 0.3) is 11.8 Å². The van der Waals surface area contributed by atoms with Gasteiger partial charge in [0.15, 0.2) is 0 Å². The fourth-order valence-corrected chi connectivity index (χ4v) is 7.17. The van der Waals surface area contributed by atoms with Crippen LogP contribution in [0.4, 0.5) is 29.3 Å². The van der Waals surface area contributed by atoms with E-state index in [-0.39, 0.29) is 37.8 Å². The lowest BCUT2D eigenvalue weighted by molar-refractivity contribution is -0.137. The summed E-state index contributed by atoms with van der Waals surface area (Å²) in [6, 6.07) is 20.6. The zero-order valence-electron chi connectivity index (χ0n) is 40.6. The summed E-state index contributed by atoms with van der Waals surface area (Å²) in [6.07, 6.45) is -3.48. The summed E-state index contributed by atoms with van der Waals surface area (Å²) in [5.74, 6) is -0.855. The van der Waals surface area contributed by atoms with Gasteiger partial charge < -0.3 is 58.7 Å². The number of halogens is 3. The molecule has 0 bridgehead atoms. The van der Waals surface area contributed by atoms with E-state index in [2.05, 4.69) is 30.7 Å². The van der Waals surface area contributed by atoms with Crippen LogP contribution in [0.25, 0.3) is 11.3 Å².